The first-order chi connectivity index (χ1) is 16.9. The SMILES string of the molecule is CN1CCNC(c2ccnc3ccc(-c4cccc(S(=O)(=O)NCc5ccccc5)c4)nc23)C1=O. The highest BCUT2D eigenvalue weighted by Crippen LogP contribution is 2.28. The predicted molar refractivity (Wildman–Crippen MR) is 134 cm³/mol. The Morgan fingerprint density at radius 1 is 1.06 bits per heavy atom. The van der Waals surface area contributed by atoms with Crippen LogP contribution < -0.4 is 10.0 Å². The first-order valence-electron chi connectivity index (χ1n) is 11.3. The first kappa shape index (κ1) is 23.1. The molecule has 1 unspecified atom stereocenters. The maximum Gasteiger partial charge on any atom is 0.244 e. The second-order valence-electron chi connectivity index (χ2n) is 8.45. The summed E-state index contributed by atoms with van der Waals surface area (Å²) in [5.41, 5.74) is 4.17. The number of sulfonamides is 1. The molecule has 1 aliphatic rings. The summed E-state index contributed by atoms with van der Waals surface area (Å²) >= 11 is 0. The Hall–Kier alpha value is -3.66. The lowest BCUT2D eigenvalue weighted by atomic mass is 10.0. The van der Waals surface area contributed by atoms with Crippen LogP contribution in [-0.2, 0) is 21.4 Å². The lowest BCUT2D eigenvalue weighted by Crippen LogP contribution is -2.48. The summed E-state index contributed by atoms with van der Waals surface area (Å²) in [6.45, 7) is 1.54. The zero-order valence-electron chi connectivity index (χ0n) is 19.2. The third-order valence-corrected chi connectivity index (χ3v) is 7.49. The number of likely N-dealkylation sites (N-methyl/N-ethyl adjacent to an activating group) is 1. The summed E-state index contributed by atoms with van der Waals surface area (Å²) in [6.07, 6.45) is 1.67. The molecule has 0 bridgehead atoms. The molecular weight excluding hydrogens is 462 g/mol. The smallest absolute Gasteiger partial charge is 0.244 e. The first-order valence-corrected chi connectivity index (χ1v) is 12.8. The van der Waals surface area contributed by atoms with Crippen molar-refractivity contribution in [3.05, 3.63) is 90.1 Å². The fourth-order valence-corrected chi connectivity index (χ4v) is 5.22. The zero-order chi connectivity index (χ0) is 24.4. The highest BCUT2D eigenvalue weighted by atomic mass is 32.2. The highest BCUT2D eigenvalue weighted by molar-refractivity contribution is 7.89. The summed E-state index contributed by atoms with van der Waals surface area (Å²) in [7, 11) is -1.93. The lowest BCUT2D eigenvalue weighted by molar-refractivity contribution is -0.134. The summed E-state index contributed by atoms with van der Waals surface area (Å²) in [5, 5.41) is 3.28. The standard InChI is InChI=1S/C26H25N5O3S/c1-31-15-14-28-25(26(31)32)21-12-13-27-23-11-10-22(30-24(21)23)19-8-5-9-20(16-19)35(33,34)29-17-18-6-3-2-4-7-18/h2-13,16,25,28-29H,14-15,17H2,1H3. The Balaban J connectivity index is 1.48. The van der Waals surface area contributed by atoms with E-state index in [-0.39, 0.29) is 17.3 Å². The number of hydrogen-bond acceptors (Lipinski definition) is 6. The molecule has 1 amide bonds. The topological polar surface area (TPSA) is 104 Å². The van der Waals surface area contributed by atoms with Gasteiger partial charge in [-0.25, -0.2) is 18.1 Å². The molecule has 1 fully saturated rings. The van der Waals surface area contributed by atoms with Crippen LogP contribution in [0.25, 0.3) is 22.3 Å². The van der Waals surface area contributed by atoms with Gasteiger partial charge in [-0.05, 0) is 35.9 Å². The Morgan fingerprint density at radius 3 is 2.71 bits per heavy atom. The Morgan fingerprint density at radius 2 is 1.89 bits per heavy atom. The quantitative estimate of drug-likeness (QED) is 0.433. The molecule has 2 aromatic carbocycles. The molecule has 9 heteroatoms. The number of hydrogen-bond donors (Lipinski definition) is 2. The Kier molecular flexibility index (Phi) is 6.29. The summed E-state index contributed by atoms with van der Waals surface area (Å²) in [4.78, 5) is 23.9. The van der Waals surface area contributed by atoms with E-state index in [9.17, 15) is 13.2 Å². The van der Waals surface area contributed by atoms with Gasteiger partial charge in [-0.15, -0.1) is 0 Å². The molecule has 1 atom stereocenters. The van der Waals surface area contributed by atoms with Crippen LogP contribution in [0.4, 0.5) is 0 Å². The predicted octanol–water partition coefficient (Wildman–Crippen LogP) is 2.88. The Bertz CT molecular complexity index is 1490. The van der Waals surface area contributed by atoms with Crippen LogP contribution in [0.3, 0.4) is 0 Å². The number of nitrogens with zero attached hydrogens (tertiary/aromatic N) is 3. The van der Waals surface area contributed by atoms with Gasteiger partial charge in [0.1, 0.15) is 6.04 Å². The van der Waals surface area contributed by atoms with Crippen LogP contribution in [0.1, 0.15) is 17.2 Å². The van der Waals surface area contributed by atoms with Gasteiger partial charge < -0.3 is 10.2 Å². The molecule has 3 heterocycles. The number of pyridine rings is 2. The molecule has 0 saturated carbocycles. The molecule has 2 N–H and O–H groups in total. The molecule has 178 valence electrons. The van der Waals surface area contributed by atoms with Crippen molar-refractivity contribution in [2.24, 2.45) is 0 Å². The van der Waals surface area contributed by atoms with E-state index < -0.39 is 16.1 Å². The zero-order valence-corrected chi connectivity index (χ0v) is 20.0. The summed E-state index contributed by atoms with van der Waals surface area (Å²) in [6, 6.07) is 21.0. The minimum absolute atomic E-state index is 0.0199. The number of nitrogens with one attached hydrogen (secondary N) is 2. The van der Waals surface area contributed by atoms with Crippen molar-refractivity contribution < 1.29 is 13.2 Å². The molecule has 35 heavy (non-hydrogen) atoms. The van der Waals surface area contributed by atoms with E-state index in [1.807, 2.05) is 54.6 Å². The van der Waals surface area contributed by atoms with Crippen LogP contribution in [-0.4, -0.2) is 49.3 Å². The van der Waals surface area contributed by atoms with Gasteiger partial charge >= 0.3 is 0 Å². The number of benzene rings is 2. The van der Waals surface area contributed by atoms with E-state index in [4.69, 9.17) is 4.98 Å². The van der Waals surface area contributed by atoms with Crippen LogP contribution in [0.15, 0.2) is 83.9 Å². The second kappa shape index (κ2) is 9.53. The minimum atomic E-state index is -3.72. The van der Waals surface area contributed by atoms with Gasteiger partial charge in [-0.1, -0.05) is 42.5 Å². The monoisotopic (exact) mass is 487 g/mol. The number of aromatic nitrogens is 2. The molecule has 8 nitrogen and oxygen atoms in total. The molecule has 0 radical (unpaired) electrons. The molecule has 1 saturated heterocycles. The van der Waals surface area contributed by atoms with Crippen molar-refractivity contribution in [3.8, 4) is 11.3 Å². The van der Waals surface area contributed by atoms with Gasteiger partial charge in [0.2, 0.25) is 15.9 Å². The van der Waals surface area contributed by atoms with Crippen LogP contribution in [0.5, 0.6) is 0 Å². The van der Waals surface area contributed by atoms with E-state index in [0.29, 0.717) is 35.4 Å². The highest BCUT2D eigenvalue weighted by Gasteiger charge is 2.29. The normalized spacial score (nSPS) is 16.5. The minimum Gasteiger partial charge on any atom is -0.343 e. The number of fused-ring (bicyclic) bond motifs is 1. The van der Waals surface area contributed by atoms with Gasteiger partial charge in [0.05, 0.1) is 21.6 Å². The molecule has 0 spiro atoms. The average molecular weight is 488 g/mol. The van der Waals surface area contributed by atoms with E-state index in [0.717, 1.165) is 11.1 Å². The number of amides is 1. The van der Waals surface area contributed by atoms with Gasteiger partial charge in [0.25, 0.3) is 0 Å². The lowest BCUT2D eigenvalue weighted by Gasteiger charge is -2.30. The van der Waals surface area contributed by atoms with Crippen molar-refractivity contribution >= 4 is 27.0 Å². The van der Waals surface area contributed by atoms with Crippen LogP contribution in [0.2, 0.25) is 0 Å². The molecule has 1 aliphatic heterocycles. The van der Waals surface area contributed by atoms with Crippen LogP contribution in [0, 0.1) is 0 Å². The Labute approximate surface area is 204 Å². The summed E-state index contributed by atoms with van der Waals surface area (Å²) in [5.74, 6) is -0.0199. The third-order valence-electron chi connectivity index (χ3n) is 6.09. The van der Waals surface area contributed by atoms with Crippen molar-refractivity contribution in [2.45, 2.75) is 17.5 Å². The van der Waals surface area contributed by atoms with Gasteiger partial charge in [0, 0.05) is 44.0 Å². The third kappa shape index (κ3) is 4.79. The largest absolute Gasteiger partial charge is 0.343 e. The maximum absolute atomic E-state index is 12.9. The van der Waals surface area contributed by atoms with Gasteiger partial charge in [0.15, 0.2) is 0 Å². The van der Waals surface area contributed by atoms with Gasteiger partial charge in [-0.3, -0.25) is 9.78 Å². The van der Waals surface area contributed by atoms with E-state index in [1.165, 1.54) is 0 Å². The van der Waals surface area contributed by atoms with Crippen LogP contribution >= 0.6 is 0 Å². The van der Waals surface area contributed by atoms with E-state index in [1.54, 1.807) is 36.3 Å². The average Bonchev–Trinajstić information content (AvgIpc) is 2.89. The van der Waals surface area contributed by atoms with Crippen molar-refractivity contribution in [3.63, 3.8) is 0 Å². The van der Waals surface area contributed by atoms with E-state index in [2.05, 4.69) is 15.0 Å². The summed E-state index contributed by atoms with van der Waals surface area (Å²) < 4.78 is 28.5. The molecule has 5 rings (SSSR count). The molecular formula is C26H25N5O3S. The molecule has 4 aromatic rings. The van der Waals surface area contributed by atoms with E-state index >= 15 is 0 Å². The molecule has 0 aliphatic carbocycles. The maximum atomic E-state index is 12.9. The van der Waals surface area contributed by atoms with Crippen molar-refractivity contribution in [2.75, 3.05) is 20.1 Å². The number of carbonyl (C=O) groups is 1. The molecule has 2 aromatic heterocycles. The number of carbonyl (C=O) groups excluding carboxylic acids is 1. The van der Waals surface area contributed by atoms with Crippen molar-refractivity contribution in [1.29, 1.82) is 0 Å². The van der Waals surface area contributed by atoms with Gasteiger partial charge in [-0.2, -0.15) is 0 Å². The number of rotatable bonds is 6. The second-order valence-corrected chi connectivity index (χ2v) is 10.2. The van der Waals surface area contributed by atoms with Crippen molar-refractivity contribution in [1.82, 2.24) is 24.9 Å². The number of piperazine rings is 1. The fourth-order valence-electron chi connectivity index (χ4n) is 4.16. The fraction of sp³-hybridized carbons (Fsp3) is 0.192.